The van der Waals surface area contributed by atoms with Crippen LogP contribution in [-0.4, -0.2) is 64.9 Å². The van der Waals surface area contributed by atoms with E-state index in [-0.39, 0.29) is 18.5 Å². The molecule has 2 aromatic carbocycles. The number of aromatic nitrogens is 2. The van der Waals surface area contributed by atoms with Gasteiger partial charge in [0.1, 0.15) is 17.3 Å². The van der Waals surface area contributed by atoms with Crippen molar-refractivity contribution >= 4 is 0 Å². The maximum absolute atomic E-state index is 13.5. The van der Waals surface area contributed by atoms with Crippen molar-refractivity contribution in [3.8, 4) is 22.9 Å². The van der Waals surface area contributed by atoms with Crippen molar-refractivity contribution < 1.29 is 23.7 Å². The van der Waals surface area contributed by atoms with Crippen LogP contribution < -0.4 is 4.74 Å². The van der Waals surface area contributed by atoms with Gasteiger partial charge in [0.25, 0.3) is 0 Å². The molecule has 1 aliphatic rings. The Balaban J connectivity index is 1.66. The van der Waals surface area contributed by atoms with E-state index in [2.05, 4.69) is 4.90 Å². The van der Waals surface area contributed by atoms with Gasteiger partial charge in [-0.2, -0.15) is 5.10 Å². The summed E-state index contributed by atoms with van der Waals surface area (Å²) in [5, 5.41) is 15.4. The van der Waals surface area contributed by atoms with Crippen molar-refractivity contribution in [2.45, 2.75) is 38.5 Å². The number of nitrogens with zero attached hydrogens (tertiary/aromatic N) is 3. The van der Waals surface area contributed by atoms with Crippen molar-refractivity contribution in [2.24, 2.45) is 7.05 Å². The second-order valence-electron chi connectivity index (χ2n) is 8.82. The van der Waals surface area contributed by atoms with Gasteiger partial charge in [0.2, 0.25) is 5.88 Å². The molecule has 188 valence electrons. The van der Waals surface area contributed by atoms with Crippen molar-refractivity contribution in [1.82, 2.24) is 14.7 Å². The fourth-order valence-electron chi connectivity index (χ4n) is 4.37. The van der Waals surface area contributed by atoms with Crippen molar-refractivity contribution in [3.05, 3.63) is 66.0 Å². The number of aryl methyl sites for hydroxylation is 1. The predicted octanol–water partition coefficient (Wildman–Crippen LogP) is 4.40. The first-order chi connectivity index (χ1) is 17.0. The van der Waals surface area contributed by atoms with Gasteiger partial charge >= 0.3 is 0 Å². The average Bonchev–Trinajstić information content (AvgIpc) is 3.48. The standard InChI is InChI=1S/C27H34FN3O4/c1-3-33-19-22(32)16-31(17-24-10-7-15-34-24)18-25-26(20-8-5-4-6-9-20)29-30(2)27(25)35-23-13-11-21(28)12-14-23/h4-6,8-9,11-14,22,24,32H,3,7,10,15-19H2,1-2H3/t22-,24+/m0/s1. The molecule has 2 heterocycles. The van der Waals surface area contributed by atoms with E-state index in [1.807, 2.05) is 44.3 Å². The largest absolute Gasteiger partial charge is 0.439 e. The molecule has 0 amide bonds. The van der Waals surface area contributed by atoms with Crippen molar-refractivity contribution in [1.29, 1.82) is 0 Å². The molecule has 0 saturated carbocycles. The summed E-state index contributed by atoms with van der Waals surface area (Å²) in [5.41, 5.74) is 2.67. The minimum absolute atomic E-state index is 0.118. The van der Waals surface area contributed by atoms with Gasteiger partial charge in [-0.3, -0.25) is 4.90 Å². The highest BCUT2D eigenvalue weighted by atomic mass is 19.1. The van der Waals surface area contributed by atoms with Crippen LogP contribution in [0.5, 0.6) is 11.6 Å². The Kier molecular flexibility index (Phi) is 8.87. The number of aliphatic hydroxyl groups is 1. The lowest BCUT2D eigenvalue weighted by molar-refractivity contribution is 0.00505. The Morgan fingerprint density at radius 3 is 2.66 bits per heavy atom. The number of halogens is 1. The number of ether oxygens (including phenoxy) is 3. The van der Waals surface area contributed by atoms with Gasteiger partial charge in [-0.25, -0.2) is 9.07 Å². The number of rotatable bonds is 12. The van der Waals surface area contributed by atoms with Crippen molar-refractivity contribution in [2.75, 3.05) is 32.9 Å². The lowest BCUT2D eigenvalue weighted by atomic mass is 10.1. The topological polar surface area (TPSA) is 69.0 Å². The van der Waals surface area contributed by atoms with Gasteiger partial charge in [0, 0.05) is 45.5 Å². The highest BCUT2D eigenvalue weighted by Crippen LogP contribution is 2.34. The number of aliphatic hydroxyl groups excluding tert-OH is 1. The summed E-state index contributed by atoms with van der Waals surface area (Å²) in [4.78, 5) is 2.18. The Morgan fingerprint density at radius 1 is 1.20 bits per heavy atom. The Morgan fingerprint density at radius 2 is 1.97 bits per heavy atom. The summed E-state index contributed by atoms with van der Waals surface area (Å²) in [5.74, 6) is 0.781. The van der Waals surface area contributed by atoms with E-state index < -0.39 is 6.10 Å². The molecule has 0 spiro atoms. The SMILES string of the molecule is CCOC[C@@H](O)CN(Cc1c(-c2ccccc2)nn(C)c1Oc1ccc(F)cc1)C[C@H]1CCCO1. The van der Waals surface area contributed by atoms with Gasteiger partial charge in [-0.05, 0) is 44.0 Å². The molecule has 1 fully saturated rings. The van der Waals surface area contributed by atoms with Crippen LogP contribution in [0.3, 0.4) is 0 Å². The predicted molar refractivity (Wildman–Crippen MR) is 132 cm³/mol. The van der Waals surface area contributed by atoms with Gasteiger partial charge in [0.05, 0.1) is 24.4 Å². The second-order valence-corrected chi connectivity index (χ2v) is 8.82. The van der Waals surface area contributed by atoms with Crippen molar-refractivity contribution in [3.63, 3.8) is 0 Å². The first-order valence-electron chi connectivity index (χ1n) is 12.2. The molecule has 0 radical (unpaired) electrons. The summed E-state index contributed by atoms with van der Waals surface area (Å²) in [6.07, 6.45) is 1.53. The summed E-state index contributed by atoms with van der Waals surface area (Å²) in [6, 6.07) is 15.9. The van der Waals surface area contributed by atoms with Crippen LogP contribution in [0, 0.1) is 5.82 Å². The van der Waals surface area contributed by atoms with Crippen LogP contribution in [0.2, 0.25) is 0 Å². The van der Waals surface area contributed by atoms with Crippen LogP contribution in [0.4, 0.5) is 4.39 Å². The van der Waals surface area contributed by atoms with Crippen LogP contribution in [-0.2, 0) is 23.1 Å². The van der Waals surface area contributed by atoms with Gasteiger partial charge in [-0.1, -0.05) is 30.3 Å². The molecule has 1 aromatic heterocycles. The van der Waals surface area contributed by atoms with Crippen LogP contribution in [0.25, 0.3) is 11.3 Å². The quantitative estimate of drug-likeness (QED) is 0.412. The summed E-state index contributed by atoms with van der Waals surface area (Å²) in [6.45, 7) is 5.12. The average molecular weight is 484 g/mol. The molecule has 4 rings (SSSR count). The minimum atomic E-state index is -0.630. The van der Waals surface area contributed by atoms with E-state index in [0.717, 1.165) is 36.3 Å². The number of hydrogen-bond donors (Lipinski definition) is 1. The molecule has 8 heteroatoms. The Bertz CT molecular complexity index is 1050. The van der Waals surface area contributed by atoms with E-state index in [0.29, 0.717) is 37.9 Å². The third-order valence-corrected chi connectivity index (χ3v) is 6.01. The zero-order chi connectivity index (χ0) is 24.6. The normalized spacial score (nSPS) is 16.7. The molecular formula is C27H34FN3O4. The van der Waals surface area contributed by atoms with E-state index in [4.69, 9.17) is 19.3 Å². The molecule has 1 aliphatic heterocycles. The van der Waals surface area contributed by atoms with Crippen LogP contribution >= 0.6 is 0 Å². The molecule has 35 heavy (non-hydrogen) atoms. The van der Waals surface area contributed by atoms with Gasteiger partial charge in [0.15, 0.2) is 0 Å². The minimum Gasteiger partial charge on any atom is -0.439 e. The summed E-state index contributed by atoms with van der Waals surface area (Å²) < 4.78 is 32.7. The van der Waals surface area contributed by atoms with Gasteiger partial charge < -0.3 is 19.3 Å². The van der Waals surface area contributed by atoms with E-state index in [1.54, 1.807) is 16.8 Å². The lowest BCUT2D eigenvalue weighted by Gasteiger charge is -2.27. The van der Waals surface area contributed by atoms with E-state index in [1.165, 1.54) is 12.1 Å². The maximum atomic E-state index is 13.5. The van der Waals surface area contributed by atoms with Crippen LogP contribution in [0.1, 0.15) is 25.3 Å². The monoisotopic (exact) mass is 483 g/mol. The molecule has 0 unspecified atom stereocenters. The number of benzene rings is 2. The Hall–Kier alpha value is -2.78. The molecular weight excluding hydrogens is 449 g/mol. The highest BCUT2D eigenvalue weighted by molar-refractivity contribution is 5.65. The molecule has 0 bridgehead atoms. The molecule has 0 aliphatic carbocycles. The van der Waals surface area contributed by atoms with E-state index >= 15 is 0 Å². The fraction of sp³-hybridized carbons (Fsp3) is 0.444. The third-order valence-electron chi connectivity index (χ3n) is 6.01. The third kappa shape index (κ3) is 6.89. The zero-order valence-electron chi connectivity index (χ0n) is 20.4. The molecule has 2 atom stereocenters. The van der Waals surface area contributed by atoms with E-state index in [9.17, 15) is 9.50 Å². The summed E-state index contributed by atoms with van der Waals surface area (Å²) in [7, 11) is 1.84. The molecule has 1 saturated heterocycles. The Labute approximate surface area is 206 Å². The van der Waals surface area contributed by atoms with Gasteiger partial charge in [-0.15, -0.1) is 0 Å². The second kappa shape index (κ2) is 12.3. The molecule has 1 N–H and O–H groups in total. The first kappa shape index (κ1) is 25.3. The molecule has 7 nitrogen and oxygen atoms in total. The molecule has 3 aromatic rings. The summed E-state index contributed by atoms with van der Waals surface area (Å²) >= 11 is 0. The first-order valence-corrected chi connectivity index (χ1v) is 12.2. The number of hydrogen-bond acceptors (Lipinski definition) is 6. The lowest BCUT2D eigenvalue weighted by Crippen LogP contribution is -2.39. The highest BCUT2D eigenvalue weighted by Gasteiger charge is 2.26. The fourth-order valence-corrected chi connectivity index (χ4v) is 4.37. The smallest absolute Gasteiger partial charge is 0.222 e. The van der Waals surface area contributed by atoms with Crippen LogP contribution in [0.15, 0.2) is 54.6 Å². The zero-order valence-corrected chi connectivity index (χ0v) is 20.4. The maximum Gasteiger partial charge on any atom is 0.222 e.